The van der Waals surface area contributed by atoms with Crippen molar-refractivity contribution in [2.45, 2.75) is 77.9 Å². The normalized spacial score (nSPS) is 12.9. The van der Waals surface area contributed by atoms with E-state index in [0.29, 0.717) is 10.5 Å². The molecule has 0 radical (unpaired) electrons. The zero-order valence-electron chi connectivity index (χ0n) is 49.7. The van der Waals surface area contributed by atoms with Gasteiger partial charge in [-0.2, -0.15) is 66.0 Å². The van der Waals surface area contributed by atoms with Gasteiger partial charge >= 0.3 is 0 Å². The topological polar surface area (TPSA) is 554 Å². The monoisotopic (exact) mass is 1500 g/mol. The van der Waals surface area contributed by atoms with Crippen LogP contribution >= 0.6 is 35.1 Å². The summed E-state index contributed by atoms with van der Waals surface area (Å²) in [5, 5.41) is 61.4. The highest BCUT2D eigenvalue weighted by atomic mass is 35.5. The van der Waals surface area contributed by atoms with Gasteiger partial charge in [-0.05, 0) is 117 Å². The Balaban J connectivity index is 1.36. The van der Waals surface area contributed by atoms with Crippen LogP contribution in [-0.2, 0) is 70.3 Å². The van der Waals surface area contributed by atoms with Crippen LogP contribution in [0.5, 0.6) is 11.6 Å². The van der Waals surface area contributed by atoms with Crippen LogP contribution in [0.25, 0.3) is 16.7 Å². The van der Waals surface area contributed by atoms with E-state index in [2.05, 4.69) is 56.5 Å². The average Bonchev–Trinajstić information content (AvgIpc) is 1.50. The minimum Gasteiger partial charge on any atom is -0.493 e. The number of thioether (sulfide) groups is 2. The lowest BCUT2D eigenvalue weighted by molar-refractivity contribution is -0.115. The maximum Gasteiger partial charge on any atom is 0.298 e. The number of hydrogen-bond acceptors (Lipinski definition) is 28. The van der Waals surface area contributed by atoms with Crippen LogP contribution in [0, 0.1) is 25.2 Å². The zero-order valence-corrected chi connectivity index (χ0v) is 57.0. The molecular formula is C52H52ClN13O22S8. The first-order chi connectivity index (χ1) is 44.6. The van der Waals surface area contributed by atoms with Crippen molar-refractivity contribution in [2.24, 2.45) is 40.9 Å². The summed E-state index contributed by atoms with van der Waals surface area (Å²) >= 11 is 7.94. The summed E-state index contributed by atoms with van der Waals surface area (Å²) in [7, 11) is -29.0. The van der Waals surface area contributed by atoms with E-state index in [-0.39, 0.29) is 138 Å². The summed E-state index contributed by atoms with van der Waals surface area (Å²) in [6, 6.07) is 14.7. The number of hydrogen-bond donors (Lipinski definition) is 9. The SMILES string of the molecule is CC(=O)Nc1cc(N=Nc2cc(SCCCS(=O)(=O)O)c(N=Nc3cc(OCCCCS(=O)(=O)O)c(N=Nc4c(C)c(C#N)c5nc6ccc(S(=O)(=O)O)c(S(=O)(=O)O)c6n5c4O)cc3C)cc2NC(C)=O)c(SCCCS(=O)(=O)O)cc1N=Nc1ccc(Cl)c(S(=O)(=O)O)c1. The number of nitriles is 1. The van der Waals surface area contributed by atoms with Crippen molar-refractivity contribution in [1.82, 2.24) is 9.38 Å². The maximum atomic E-state index is 12.9. The van der Waals surface area contributed by atoms with Crippen molar-refractivity contribution >= 4 is 181 Å². The largest absolute Gasteiger partial charge is 0.493 e. The van der Waals surface area contributed by atoms with Gasteiger partial charge in [0.15, 0.2) is 11.3 Å². The Hall–Kier alpha value is -8.07. The molecule has 0 aliphatic heterocycles. The van der Waals surface area contributed by atoms with Crippen LogP contribution < -0.4 is 15.4 Å². The smallest absolute Gasteiger partial charge is 0.298 e. The van der Waals surface area contributed by atoms with Crippen LogP contribution in [0.2, 0.25) is 5.02 Å². The molecule has 35 nitrogen and oxygen atoms in total. The molecule has 0 aliphatic carbocycles. The lowest BCUT2D eigenvalue weighted by Gasteiger charge is -2.13. The number of aromatic hydroxyl groups is 1. The number of unbranched alkanes of at least 4 members (excludes halogenated alkanes) is 1. The Labute approximate surface area is 560 Å². The third-order valence-corrected chi connectivity index (χ3v) is 20.7. The molecule has 0 atom stereocenters. The minimum atomic E-state index is -5.57. The van der Waals surface area contributed by atoms with Gasteiger partial charge in [-0.25, -0.2) is 4.98 Å². The van der Waals surface area contributed by atoms with E-state index in [1.54, 1.807) is 0 Å². The van der Waals surface area contributed by atoms with Gasteiger partial charge in [0, 0.05) is 35.3 Å². The van der Waals surface area contributed by atoms with Crippen LogP contribution in [0.4, 0.5) is 56.9 Å². The van der Waals surface area contributed by atoms with E-state index in [9.17, 15) is 97.8 Å². The highest BCUT2D eigenvalue weighted by Crippen LogP contribution is 2.46. The first-order valence-corrected chi connectivity index (χ1v) is 38.4. The Morgan fingerprint density at radius 1 is 0.594 bits per heavy atom. The van der Waals surface area contributed by atoms with Gasteiger partial charge in [0.05, 0.1) is 62.7 Å². The van der Waals surface area contributed by atoms with Crippen molar-refractivity contribution in [2.75, 3.05) is 46.0 Å². The highest BCUT2D eigenvalue weighted by Gasteiger charge is 2.32. The number of azo groups is 4. The molecular weight excluding hydrogens is 1450 g/mol. The number of benzene rings is 5. The fraction of sp³-hybridized carbons (Fsp3) is 0.269. The number of pyridine rings is 1. The van der Waals surface area contributed by atoms with Gasteiger partial charge < -0.3 is 20.5 Å². The van der Waals surface area contributed by atoms with E-state index >= 15 is 0 Å². The van der Waals surface area contributed by atoms with Crippen LogP contribution in [-0.4, -0.2) is 139 Å². The third kappa shape index (κ3) is 20.3. The second-order valence-corrected chi connectivity index (χ2v) is 31.7. The summed E-state index contributed by atoms with van der Waals surface area (Å²) in [4.78, 5) is 26.6. The molecule has 7 aromatic rings. The summed E-state index contributed by atoms with van der Waals surface area (Å²) in [5.41, 5.74) is -2.96. The molecule has 0 saturated heterocycles. The molecule has 5 aromatic carbocycles. The van der Waals surface area contributed by atoms with E-state index < -0.39 is 127 Å². The number of aryl methyl sites for hydroxylation is 1. The number of fused-ring (bicyclic) bond motifs is 3. The molecule has 0 spiro atoms. The molecule has 9 N–H and O–H groups in total. The molecule has 0 bridgehead atoms. The van der Waals surface area contributed by atoms with Gasteiger partial charge in [0.1, 0.15) is 60.5 Å². The summed E-state index contributed by atoms with van der Waals surface area (Å²) < 4.78 is 209. The Bertz CT molecular complexity index is 5200. The number of ether oxygens (including phenoxy) is 1. The van der Waals surface area contributed by atoms with Crippen molar-refractivity contribution in [3.05, 3.63) is 88.4 Å². The fourth-order valence-electron chi connectivity index (χ4n) is 8.57. The molecule has 0 unspecified atom stereocenters. The van der Waals surface area contributed by atoms with E-state index in [1.807, 2.05) is 6.07 Å². The van der Waals surface area contributed by atoms with Crippen molar-refractivity contribution in [1.29, 1.82) is 5.26 Å². The number of nitrogens with zero attached hydrogens (tertiary/aromatic N) is 11. The fourth-order valence-corrected chi connectivity index (χ4v) is 15.4. The molecule has 0 fully saturated rings. The number of anilines is 2. The van der Waals surface area contributed by atoms with Crippen LogP contribution in [0.3, 0.4) is 0 Å². The van der Waals surface area contributed by atoms with Gasteiger partial charge in [-0.15, -0.1) is 54.2 Å². The Morgan fingerprint density at radius 2 is 1.09 bits per heavy atom. The number of amides is 2. The first kappa shape index (κ1) is 75.3. The minimum absolute atomic E-state index is 0.00706. The lowest BCUT2D eigenvalue weighted by atomic mass is 10.1. The summed E-state index contributed by atoms with van der Waals surface area (Å²) in [6.07, 6.45) is -0.322. The van der Waals surface area contributed by atoms with E-state index in [1.165, 1.54) is 56.3 Å². The van der Waals surface area contributed by atoms with Gasteiger partial charge in [0.2, 0.25) is 17.7 Å². The molecule has 44 heteroatoms. The molecule has 0 saturated carbocycles. The molecule has 512 valence electrons. The molecule has 96 heavy (non-hydrogen) atoms. The predicted molar refractivity (Wildman–Crippen MR) is 349 cm³/mol. The number of carbonyl (C=O) groups excluding carboxylic acids is 2. The van der Waals surface area contributed by atoms with E-state index in [4.69, 9.17) is 16.3 Å². The second-order valence-electron chi connectivity index (χ2n) is 20.1. The van der Waals surface area contributed by atoms with Crippen molar-refractivity contribution in [3.8, 4) is 17.7 Å². The average molecular weight is 1500 g/mol. The predicted octanol–water partition coefficient (Wildman–Crippen LogP) is 11.4. The number of rotatable bonds is 29. The van der Waals surface area contributed by atoms with Crippen LogP contribution in [0.15, 0.2) is 132 Å². The lowest BCUT2D eigenvalue weighted by Crippen LogP contribution is -2.10. The van der Waals surface area contributed by atoms with Crippen molar-refractivity contribution < 1.29 is 97.3 Å². The van der Waals surface area contributed by atoms with Gasteiger partial charge in [0.25, 0.3) is 60.7 Å². The van der Waals surface area contributed by atoms with E-state index in [0.717, 1.165) is 55.6 Å². The molecule has 0 aliphatic rings. The molecule has 2 amide bonds. The number of halogens is 1. The zero-order chi connectivity index (χ0) is 71.0. The second kappa shape index (κ2) is 30.6. The van der Waals surface area contributed by atoms with Gasteiger partial charge in [-0.1, -0.05) is 11.6 Å². The first-order valence-electron chi connectivity index (χ1n) is 26.9. The summed E-state index contributed by atoms with van der Waals surface area (Å²) in [5.74, 6) is -4.40. The number of carbonyl (C=O) groups is 2. The summed E-state index contributed by atoms with van der Waals surface area (Å²) in [6.45, 7) is 4.87. The molecule has 7 rings (SSSR count). The Kier molecular flexibility index (Phi) is 24.0. The molecule has 2 aromatic heterocycles. The maximum absolute atomic E-state index is 12.9. The number of aromatic nitrogens is 2. The third-order valence-electron chi connectivity index (χ3n) is 12.7. The quantitative estimate of drug-likeness (QED) is 0.00910. The van der Waals surface area contributed by atoms with Crippen LogP contribution in [0.1, 0.15) is 56.2 Å². The van der Waals surface area contributed by atoms with Gasteiger partial charge in [-0.3, -0.25) is 41.3 Å². The standard InChI is InChI=1S/C52H52ClN13O22S8/c1-27-19-40(62-65-48-28(2)32(26-54)51-57-34-11-12-46(94(79,80)81)50(96(85,86)87)49(34)66(51)52(48)69)43(88-13-5-6-16-91(70,71)72)23-35(27)59-63-41-22-37(56-30(4)68)39(25-45(41)90-15-8-18-93(76,77)78)61-64-42-21-36(55-29(3)67)38(24-44(42)89-14-7-17-92(73,74)75)60-58-31-9-10-33(53)47(20-31)95(82,83)84/h9-12,19-25,69H,5-8,13-18H2,1-4H3,(H,55,67)(H,56,68)(H,70,71,72)(H,73,74,75)(H,76,77,78)(H,79,80,81)(H,82,83,84)(H,85,86,87). The molecule has 2 heterocycles. The Morgan fingerprint density at radius 3 is 1.59 bits per heavy atom. The highest BCUT2D eigenvalue weighted by molar-refractivity contribution is 7.99. The van der Waals surface area contributed by atoms with Crippen molar-refractivity contribution in [3.63, 3.8) is 0 Å². The number of imidazole rings is 1. The number of nitrogens with one attached hydrogen (secondary N) is 2.